The van der Waals surface area contributed by atoms with E-state index in [1.165, 1.54) is 6.20 Å². The van der Waals surface area contributed by atoms with Gasteiger partial charge in [-0.3, -0.25) is 4.90 Å². The van der Waals surface area contributed by atoms with Gasteiger partial charge in [0.15, 0.2) is 5.03 Å². The van der Waals surface area contributed by atoms with Crippen LogP contribution in [-0.2, 0) is 23.6 Å². The van der Waals surface area contributed by atoms with Gasteiger partial charge in [-0.25, -0.2) is 18.1 Å². The number of rotatable bonds is 9. The van der Waals surface area contributed by atoms with Crippen LogP contribution in [-0.4, -0.2) is 60.8 Å². The first kappa shape index (κ1) is 21.8. The number of sulfonamides is 1. The lowest BCUT2D eigenvalue weighted by atomic mass is 9.98. The number of imidazole rings is 1. The van der Waals surface area contributed by atoms with Crippen LogP contribution in [0.3, 0.4) is 0 Å². The predicted octanol–water partition coefficient (Wildman–Crippen LogP) is 1.29. The summed E-state index contributed by atoms with van der Waals surface area (Å²) in [6.45, 7) is 5.09. The van der Waals surface area contributed by atoms with Gasteiger partial charge in [-0.05, 0) is 49.9 Å². The molecule has 0 unspecified atom stereocenters. The van der Waals surface area contributed by atoms with E-state index in [4.69, 9.17) is 9.84 Å². The number of aliphatic hydroxyl groups excluding tert-OH is 1. The van der Waals surface area contributed by atoms with Gasteiger partial charge in [-0.1, -0.05) is 12.1 Å². The van der Waals surface area contributed by atoms with Gasteiger partial charge < -0.3 is 14.4 Å². The molecule has 160 valence electrons. The highest BCUT2D eigenvalue weighted by atomic mass is 32.2. The molecular formula is C20H30N4O4S. The molecule has 0 saturated carbocycles. The number of ether oxygens (including phenoxy) is 1. The predicted molar refractivity (Wildman–Crippen MR) is 110 cm³/mol. The summed E-state index contributed by atoms with van der Waals surface area (Å²) >= 11 is 0. The Balaban J connectivity index is 1.54. The van der Waals surface area contributed by atoms with Gasteiger partial charge in [0.25, 0.3) is 10.0 Å². The molecular weight excluding hydrogens is 392 g/mol. The van der Waals surface area contributed by atoms with Crippen molar-refractivity contribution < 1.29 is 18.3 Å². The third-order valence-electron chi connectivity index (χ3n) is 5.19. The number of hydrogen-bond donors (Lipinski definition) is 2. The van der Waals surface area contributed by atoms with E-state index >= 15 is 0 Å². The van der Waals surface area contributed by atoms with E-state index in [-0.39, 0.29) is 24.2 Å². The average Bonchev–Trinajstić information content (AvgIpc) is 3.05. The Morgan fingerprint density at radius 2 is 2.21 bits per heavy atom. The van der Waals surface area contributed by atoms with Crippen molar-refractivity contribution in [3.05, 3.63) is 41.9 Å². The van der Waals surface area contributed by atoms with Crippen molar-refractivity contribution in [2.75, 3.05) is 32.8 Å². The fraction of sp³-hybridized carbons (Fsp3) is 0.550. The van der Waals surface area contributed by atoms with Crippen LogP contribution < -0.4 is 9.46 Å². The Hall–Kier alpha value is -1.94. The van der Waals surface area contributed by atoms with Crippen LogP contribution in [0.4, 0.5) is 0 Å². The zero-order valence-corrected chi connectivity index (χ0v) is 17.9. The number of nitrogens with one attached hydrogen (secondary N) is 1. The summed E-state index contributed by atoms with van der Waals surface area (Å²) < 4.78 is 34.9. The second kappa shape index (κ2) is 9.71. The summed E-state index contributed by atoms with van der Waals surface area (Å²) in [5, 5.41) is 8.97. The summed E-state index contributed by atoms with van der Waals surface area (Å²) in [4.78, 5) is 6.47. The first-order chi connectivity index (χ1) is 13.9. The number of likely N-dealkylation sites (tertiary alicyclic amines) is 1. The highest BCUT2D eigenvalue weighted by molar-refractivity contribution is 7.89. The number of aromatic nitrogens is 2. The maximum absolute atomic E-state index is 12.5. The van der Waals surface area contributed by atoms with Gasteiger partial charge in [0, 0.05) is 32.9 Å². The Morgan fingerprint density at radius 3 is 2.93 bits per heavy atom. The van der Waals surface area contributed by atoms with E-state index in [0.29, 0.717) is 12.4 Å². The van der Waals surface area contributed by atoms with Crippen molar-refractivity contribution in [3.63, 3.8) is 0 Å². The molecule has 1 aliphatic rings. The molecule has 0 bridgehead atoms. The number of nitrogens with zero attached hydrogens (tertiary/aromatic N) is 3. The summed E-state index contributed by atoms with van der Waals surface area (Å²) in [7, 11) is -1.81. The topological polar surface area (TPSA) is 96.7 Å². The lowest BCUT2D eigenvalue weighted by Gasteiger charge is -2.32. The molecule has 8 nitrogen and oxygen atoms in total. The Labute approximate surface area is 172 Å². The first-order valence-corrected chi connectivity index (χ1v) is 11.4. The zero-order chi connectivity index (χ0) is 20.9. The van der Waals surface area contributed by atoms with E-state index in [9.17, 15) is 8.42 Å². The molecule has 1 aliphatic heterocycles. The minimum Gasteiger partial charge on any atom is -0.491 e. The number of hydrogen-bond acceptors (Lipinski definition) is 6. The fourth-order valence-corrected chi connectivity index (χ4v) is 4.73. The lowest BCUT2D eigenvalue weighted by molar-refractivity contribution is 0.168. The average molecular weight is 423 g/mol. The van der Waals surface area contributed by atoms with Crippen molar-refractivity contribution in [2.24, 2.45) is 13.0 Å². The van der Waals surface area contributed by atoms with Gasteiger partial charge in [0.05, 0.1) is 6.61 Å². The smallest absolute Gasteiger partial charge is 0.259 e. The first-order valence-electron chi connectivity index (χ1n) is 9.92. The van der Waals surface area contributed by atoms with Crippen LogP contribution in [0.1, 0.15) is 24.2 Å². The van der Waals surface area contributed by atoms with Crippen LogP contribution in [0.5, 0.6) is 5.75 Å². The molecule has 0 aliphatic carbocycles. The van der Waals surface area contributed by atoms with Crippen molar-refractivity contribution in [2.45, 2.75) is 31.3 Å². The van der Waals surface area contributed by atoms with Crippen molar-refractivity contribution in [1.82, 2.24) is 19.2 Å². The van der Waals surface area contributed by atoms with Gasteiger partial charge in [-0.15, -0.1) is 0 Å². The molecule has 0 amide bonds. The van der Waals surface area contributed by atoms with Gasteiger partial charge in [-0.2, -0.15) is 0 Å². The molecule has 1 saturated heterocycles. The van der Waals surface area contributed by atoms with Crippen LogP contribution in [0, 0.1) is 12.8 Å². The highest BCUT2D eigenvalue weighted by Crippen LogP contribution is 2.21. The minimum absolute atomic E-state index is 0.00793. The maximum atomic E-state index is 12.5. The minimum atomic E-state index is -3.59. The molecule has 2 N–H and O–H groups in total. The monoisotopic (exact) mass is 422 g/mol. The standard InChI is InChI=1S/C20H30N4O4S/c1-16-22-20(15-23(16)2)29(26,27)21-12-18-6-4-8-24(14-18)13-17-5-3-7-19(11-17)28-10-9-25/h3,5,7,11,15,18,21,25H,4,6,8-10,12-14H2,1-2H3/t18-/m0/s1. The normalized spacial score (nSPS) is 18.1. The lowest BCUT2D eigenvalue weighted by Crippen LogP contribution is -2.40. The van der Waals surface area contributed by atoms with E-state index in [1.807, 2.05) is 18.2 Å². The largest absolute Gasteiger partial charge is 0.491 e. The molecule has 2 heterocycles. The third kappa shape index (κ3) is 6.02. The van der Waals surface area contributed by atoms with Crippen molar-refractivity contribution in [1.29, 1.82) is 0 Å². The second-order valence-corrected chi connectivity index (χ2v) is 9.27. The molecule has 0 radical (unpaired) electrons. The van der Waals surface area contributed by atoms with Crippen LogP contribution in [0.15, 0.2) is 35.5 Å². The quantitative estimate of drug-likeness (QED) is 0.632. The summed E-state index contributed by atoms with van der Waals surface area (Å²) in [5.41, 5.74) is 1.14. The maximum Gasteiger partial charge on any atom is 0.259 e. The number of piperidine rings is 1. The van der Waals surface area contributed by atoms with Crippen LogP contribution in [0.25, 0.3) is 0 Å². The van der Waals surface area contributed by atoms with Gasteiger partial charge in [0.2, 0.25) is 0 Å². The Bertz CT molecular complexity index is 893. The fourth-order valence-electron chi connectivity index (χ4n) is 3.57. The van der Waals surface area contributed by atoms with Crippen molar-refractivity contribution >= 4 is 10.0 Å². The highest BCUT2D eigenvalue weighted by Gasteiger charge is 2.24. The van der Waals surface area contributed by atoms with Crippen LogP contribution in [0.2, 0.25) is 0 Å². The molecule has 0 spiro atoms. The summed E-state index contributed by atoms with van der Waals surface area (Å²) in [6, 6.07) is 7.88. The molecule has 9 heteroatoms. The Kier molecular flexibility index (Phi) is 7.28. The van der Waals surface area contributed by atoms with Crippen LogP contribution >= 0.6 is 0 Å². The Morgan fingerprint density at radius 1 is 1.38 bits per heavy atom. The van der Waals surface area contributed by atoms with E-state index in [1.54, 1.807) is 18.5 Å². The summed E-state index contributed by atoms with van der Waals surface area (Å²) in [6.07, 6.45) is 3.58. The second-order valence-electron chi connectivity index (χ2n) is 7.55. The van der Waals surface area contributed by atoms with E-state index in [0.717, 1.165) is 43.8 Å². The number of benzene rings is 1. The number of aryl methyl sites for hydroxylation is 2. The van der Waals surface area contributed by atoms with Gasteiger partial charge >= 0.3 is 0 Å². The van der Waals surface area contributed by atoms with Crippen molar-refractivity contribution in [3.8, 4) is 5.75 Å². The molecule has 3 rings (SSSR count). The van der Waals surface area contributed by atoms with Gasteiger partial charge in [0.1, 0.15) is 18.2 Å². The van der Waals surface area contributed by atoms with E-state index in [2.05, 4.69) is 20.7 Å². The molecule has 29 heavy (non-hydrogen) atoms. The molecule has 1 aromatic carbocycles. The molecule has 2 aromatic rings. The van der Waals surface area contributed by atoms with E-state index < -0.39 is 10.0 Å². The zero-order valence-electron chi connectivity index (χ0n) is 17.0. The molecule has 1 aromatic heterocycles. The third-order valence-corrected chi connectivity index (χ3v) is 6.49. The molecule has 1 atom stereocenters. The molecule has 1 fully saturated rings. The SMILES string of the molecule is Cc1nc(S(=O)(=O)NC[C@@H]2CCCN(Cc3cccc(OCCO)c3)C2)cn1C. The number of aliphatic hydroxyl groups is 1. The summed E-state index contributed by atoms with van der Waals surface area (Å²) in [5.74, 6) is 1.68.